The van der Waals surface area contributed by atoms with Crippen molar-refractivity contribution in [1.29, 1.82) is 0 Å². The van der Waals surface area contributed by atoms with Crippen molar-refractivity contribution >= 4 is 18.1 Å². The SMILES string of the molecule is O=C(O)CNC(=O)OC/C=C/c1ccccc1. The quantitative estimate of drug-likeness (QED) is 0.811. The molecule has 0 heterocycles. The molecule has 0 bridgehead atoms. The highest BCUT2D eigenvalue weighted by Crippen LogP contribution is 2.00. The summed E-state index contributed by atoms with van der Waals surface area (Å²) in [6.07, 6.45) is 2.74. The van der Waals surface area contributed by atoms with Crippen LogP contribution in [0.1, 0.15) is 5.56 Å². The van der Waals surface area contributed by atoms with Gasteiger partial charge in [-0.05, 0) is 11.6 Å². The van der Waals surface area contributed by atoms with E-state index in [0.29, 0.717) is 0 Å². The number of ether oxygens (including phenoxy) is 1. The van der Waals surface area contributed by atoms with E-state index in [1.54, 1.807) is 6.08 Å². The number of amides is 1. The van der Waals surface area contributed by atoms with E-state index in [2.05, 4.69) is 5.32 Å². The van der Waals surface area contributed by atoms with E-state index >= 15 is 0 Å². The van der Waals surface area contributed by atoms with Crippen LogP contribution in [0.2, 0.25) is 0 Å². The lowest BCUT2D eigenvalue weighted by molar-refractivity contribution is -0.135. The number of carbonyl (C=O) groups excluding carboxylic acids is 1. The number of hydrogen-bond donors (Lipinski definition) is 2. The highest BCUT2D eigenvalue weighted by molar-refractivity contribution is 5.76. The molecule has 2 N–H and O–H groups in total. The molecule has 0 aliphatic heterocycles. The van der Waals surface area contributed by atoms with Gasteiger partial charge in [0.05, 0.1) is 0 Å². The third kappa shape index (κ3) is 5.99. The fourth-order valence-electron chi connectivity index (χ4n) is 1.07. The van der Waals surface area contributed by atoms with Gasteiger partial charge >= 0.3 is 12.1 Å². The van der Waals surface area contributed by atoms with E-state index in [4.69, 9.17) is 9.84 Å². The van der Waals surface area contributed by atoms with Crippen LogP contribution in [0.4, 0.5) is 4.79 Å². The number of hydrogen-bond acceptors (Lipinski definition) is 3. The van der Waals surface area contributed by atoms with Crippen LogP contribution < -0.4 is 5.32 Å². The normalized spacial score (nSPS) is 10.1. The third-order valence-corrected chi connectivity index (χ3v) is 1.80. The molecule has 0 atom stereocenters. The first-order valence-electron chi connectivity index (χ1n) is 5.02. The van der Waals surface area contributed by atoms with Crippen molar-refractivity contribution < 1.29 is 19.4 Å². The molecule has 0 aromatic heterocycles. The molecule has 0 aliphatic rings. The molecule has 1 aromatic rings. The molecule has 0 saturated heterocycles. The lowest BCUT2D eigenvalue weighted by atomic mass is 10.2. The van der Waals surface area contributed by atoms with E-state index < -0.39 is 18.6 Å². The van der Waals surface area contributed by atoms with Gasteiger partial charge in [0.1, 0.15) is 13.2 Å². The number of carboxylic acids is 1. The molecule has 0 aliphatic carbocycles. The maximum atomic E-state index is 10.9. The largest absolute Gasteiger partial charge is 0.480 e. The van der Waals surface area contributed by atoms with Gasteiger partial charge in [-0.25, -0.2) is 4.79 Å². The molecule has 0 spiro atoms. The highest BCUT2D eigenvalue weighted by Gasteiger charge is 2.02. The number of aliphatic carboxylic acids is 1. The fourth-order valence-corrected chi connectivity index (χ4v) is 1.07. The minimum atomic E-state index is -1.11. The van der Waals surface area contributed by atoms with Gasteiger partial charge in [-0.3, -0.25) is 4.79 Å². The minimum absolute atomic E-state index is 0.0976. The zero-order chi connectivity index (χ0) is 12.5. The van der Waals surface area contributed by atoms with Crippen molar-refractivity contribution in [3.8, 4) is 0 Å². The molecule has 5 heteroatoms. The molecule has 0 unspecified atom stereocenters. The van der Waals surface area contributed by atoms with E-state index in [9.17, 15) is 9.59 Å². The highest BCUT2D eigenvalue weighted by atomic mass is 16.5. The summed E-state index contributed by atoms with van der Waals surface area (Å²) >= 11 is 0. The van der Waals surface area contributed by atoms with Crippen LogP contribution in [0, 0.1) is 0 Å². The summed E-state index contributed by atoms with van der Waals surface area (Å²) < 4.78 is 4.71. The second kappa shape index (κ2) is 7.05. The number of benzene rings is 1. The van der Waals surface area contributed by atoms with Gasteiger partial charge in [0.25, 0.3) is 0 Å². The number of rotatable bonds is 5. The van der Waals surface area contributed by atoms with Crippen molar-refractivity contribution in [2.45, 2.75) is 0 Å². The maximum absolute atomic E-state index is 10.9. The summed E-state index contributed by atoms with van der Waals surface area (Å²) in [5.41, 5.74) is 1.00. The first-order chi connectivity index (χ1) is 8.18. The Bertz CT molecular complexity index is 400. The van der Waals surface area contributed by atoms with Crippen molar-refractivity contribution in [2.24, 2.45) is 0 Å². The lowest BCUT2D eigenvalue weighted by Gasteiger charge is -2.01. The Labute approximate surface area is 98.7 Å². The van der Waals surface area contributed by atoms with Gasteiger partial charge in [-0.15, -0.1) is 0 Å². The standard InChI is InChI=1S/C12H13NO4/c14-11(15)9-13-12(16)17-8-4-7-10-5-2-1-3-6-10/h1-7H,8-9H2,(H,13,16)(H,14,15)/b7-4+. The van der Waals surface area contributed by atoms with Crippen LogP contribution in [-0.4, -0.2) is 30.3 Å². The Balaban J connectivity index is 2.21. The van der Waals surface area contributed by atoms with Gasteiger partial charge in [-0.1, -0.05) is 36.4 Å². The Kier molecular flexibility index (Phi) is 5.30. The summed E-state index contributed by atoms with van der Waals surface area (Å²) in [4.78, 5) is 21.1. The van der Waals surface area contributed by atoms with Crippen molar-refractivity contribution in [3.63, 3.8) is 0 Å². The third-order valence-electron chi connectivity index (χ3n) is 1.80. The molecular weight excluding hydrogens is 222 g/mol. The lowest BCUT2D eigenvalue weighted by Crippen LogP contribution is -2.29. The van der Waals surface area contributed by atoms with Gasteiger partial charge in [0, 0.05) is 0 Å². The predicted octanol–water partition coefficient (Wildman–Crippen LogP) is 1.51. The maximum Gasteiger partial charge on any atom is 0.407 e. The van der Waals surface area contributed by atoms with Crippen molar-refractivity contribution in [3.05, 3.63) is 42.0 Å². The topological polar surface area (TPSA) is 75.6 Å². The first-order valence-corrected chi connectivity index (χ1v) is 5.02. The zero-order valence-corrected chi connectivity index (χ0v) is 9.13. The summed E-state index contributed by atoms with van der Waals surface area (Å²) in [5, 5.41) is 10.4. The first kappa shape index (κ1) is 12.8. The summed E-state index contributed by atoms with van der Waals surface area (Å²) in [6.45, 7) is -0.346. The Morgan fingerprint density at radius 2 is 2.00 bits per heavy atom. The molecule has 17 heavy (non-hydrogen) atoms. The van der Waals surface area contributed by atoms with E-state index in [1.807, 2.05) is 36.4 Å². The average molecular weight is 235 g/mol. The molecular formula is C12H13NO4. The summed E-state index contributed by atoms with van der Waals surface area (Å²) in [7, 11) is 0. The summed E-state index contributed by atoms with van der Waals surface area (Å²) in [5.74, 6) is -1.11. The number of alkyl carbamates (subject to hydrolysis) is 1. The van der Waals surface area contributed by atoms with Gasteiger partial charge in [0.2, 0.25) is 0 Å². The van der Waals surface area contributed by atoms with Crippen molar-refractivity contribution in [1.82, 2.24) is 5.32 Å². The van der Waals surface area contributed by atoms with Gasteiger partial charge in [0.15, 0.2) is 0 Å². The van der Waals surface area contributed by atoms with Crippen LogP contribution in [-0.2, 0) is 9.53 Å². The Morgan fingerprint density at radius 1 is 1.29 bits per heavy atom. The van der Waals surface area contributed by atoms with Crippen molar-refractivity contribution in [2.75, 3.05) is 13.2 Å². The van der Waals surface area contributed by atoms with Gasteiger partial charge in [-0.2, -0.15) is 0 Å². The molecule has 1 amide bonds. The molecule has 0 radical (unpaired) electrons. The van der Waals surface area contributed by atoms with Crippen LogP contribution in [0.3, 0.4) is 0 Å². The number of carbonyl (C=O) groups is 2. The van der Waals surface area contributed by atoms with Crippen LogP contribution in [0.5, 0.6) is 0 Å². The number of carboxylic acid groups (broad SMARTS) is 1. The van der Waals surface area contributed by atoms with Crippen LogP contribution in [0.15, 0.2) is 36.4 Å². The smallest absolute Gasteiger partial charge is 0.407 e. The fraction of sp³-hybridized carbons (Fsp3) is 0.167. The van der Waals surface area contributed by atoms with E-state index in [1.165, 1.54) is 0 Å². The zero-order valence-electron chi connectivity index (χ0n) is 9.13. The number of nitrogens with one attached hydrogen (secondary N) is 1. The van der Waals surface area contributed by atoms with E-state index in [0.717, 1.165) is 5.56 Å². The molecule has 0 fully saturated rings. The minimum Gasteiger partial charge on any atom is -0.480 e. The second-order valence-electron chi connectivity index (χ2n) is 3.16. The predicted molar refractivity (Wildman–Crippen MR) is 62.5 cm³/mol. The Morgan fingerprint density at radius 3 is 2.65 bits per heavy atom. The molecule has 1 rings (SSSR count). The van der Waals surface area contributed by atoms with Gasteiger partial charge < -0.3 is 15.2 Å². The summed E-state index contributed by atoms with van der Waals surface area (Å²) in [6, 6.07) is 9.55. The van der Waals surface area contributed by atoms with Crippen LogP contribution >= 0.6 is 0 Å². The molecule has 90 valence electrons. The second-order valence-corrected chi connectivity index (χ2v) is 3.16. The molecule has 5 nitrogen and oxygen atoms in total. The molecule has 0 saturated carbocycles. The molecule has 1 aromatic carbocycles. The van der Waals surface area contributed by atoms with E-state index in [-0.39, 0.29) is 6.61 Å². The average Bonchev–Trinajstić information content (AvgIpc) is 2.33. The van der Waals surface area contributed by atoms with Crippen LogP contribution in [0.25, 0.3) is 6.08 Å². The Hall–Kier alpha value is -2.30. The monoisotopic (exact) mass is 235 g/mol.